The predicted molar refractivity (Wildman–Crippen MR) is 91.9 cm³/mol. The molecule has 0 amide bonds. The summed E-state index contributed by atoms with van der Waals surface area (Å²) in [6.45, 7) is 6.71. The summed E-state index contributed by atoms with van der Waals surface area (Å²) < 4.78 is 5.65. The zero-order valence-corrected chi connectivity index (χ0v) is 15.3. The third kappa shape index (κ3) is 2.46. The molecular formula is C21H34O2. The fourth-order valence-corrected chi connectivity index (χ4v) is 7.64. The van der Waals surface area contributed by atoms with Crippen LogP contribution in [0, 0.1) is 34.5 Å². The molecule has 0 spiro atoms. The lowest BCUT2D eigenvalue weighted by atomic mass is 9.45. The van der Waals surface area contributed by atoms with E-state index < -0.39 is 0 Å². The molecule has 0 aromatic rings. The second kappa shape index (κ2) is 5.49. The molecule has 4 saturated carbocycles. The highest BCUT2D eigenvalue weighted by Crippen LogP contribution is 2.66. The van der Waals surface area contributed by atoms with E-state index in [-0.39, 0.29) is 12.1 Å². The van der Waals surface area contributed by atoms with E-state index in [0.29, 0.717) is 10.8 Å². The number of rotatable bonds is 1. The van der Waals surface area contributed by atoms with Crippen LogP contribution in [0.5, 0.6) is 0 Å². The van der Waals surface area contributed by atoms with Gasteiger partial charge in [0.25, 0.3) is 0 Å². The molecule has 0 aromatic heterocycles. The average molecular weight is 319 g/mol. The van der Waals surface area contributed by atoms with Crippen molar-refractivity contribution in [1.82, 2.24) is 0 Å². The van der Waals surface area contributed by atoms with E-state index in [1.54, 1.807) is 6.92 Å². The summed E-state index contributed by atoms with van der Waals surface area (Å²) in [6.07, 6.45) is 13.9. The number of hydrogen-bond donors (Lipinski definition) is 0. The molecule has 6 unspecified atom stereocenters. The van der Waals surface area contributed by atoms with Crippen LogP contribution < -0.4 is 0 Å². The maximum Gasteiger partial charge on any atom is 0.302 e. The van der Waals surface area contributed by atoms with Gasteiger partial charge in [0.15, 0.2) is 0 Å². The smallest absolute Gasteiger partial charge is 0.302 e. The van der Waals surface area contributed by atoms with Crippen molar-refractivity contribution in [3.8, 4) is 0 Å². The summed E-state index contributed by atoms with van der Waals surface area (Å²) in [7, 11) is 0. The Hall–Kier alpha value is -0.530. The van der Waals surface area contributed by atoms with Gasteiger partial charge in [0.05, 0.1) is 0 Å². The molecule has 0 saturated heterocycles. The molecule has 4 rings (SSSR count). The SMILES string of the molecule is CC(=O)OC1CC[C@@H]2CCC3C4CCCC4(C)CCC3C2(C)C1. The van der Waals surface area contributed by atoms with Gasteiger partial charge < -0.3 is 4.74 Å². The van der Waals surface area contributed by atoms with Crippen LogP contribution in [-0.2, 0) is 9.53 Å². The van der Waals surface area contributed by atoms with E-state index in [4.69, 9.17) is 4.74 Å². The zero-order valence-electron chi connectivity index (χ0n) is 15.3. The van der Waals surface area contributed by atoms with Crippen LogP contribution in [0.4, 0.5) is 0 Å². The lowest BCUT2D eigenvalue weighted by Crippen LogP contribution is -2.53. The molecule has 0 N–H and O–H groups in total. The minimum atomic E-state index is -0.0866. The zero-order chi connectivity index (χ0) is 16.2. The molecular weight excluding hydrogens is 284 g/mol. The molecule has 2 nitrogen and oxygen atoms in total. The second-order valence-corrected chi connectivity index (χ2v) is 9.75. The quantitative estimate of drug-likeness (QED) is 0.609. The Balaban J connectivity index is 1.57. The number of esters is 1. The minimum absolute atomic E-state index is 0.0866. The second-order valence-electron chi connectivity index (χ2n) is 9.75. The molecule has 4 aliphatic rings. The van der Waals surface area contributed by atoms with Crippen molar-refractivity contribution in [2.45, 2.75) is 91.1 Å². The van der Waals surface area contributed by atoms with Crippen LogP contribution in [0.25, 0.3) is 0 Å². The van der Waals surface area contributed by atoms with Gasteiger partial charge in [0, 0.05) is 6.92 Å². The van der Waals surface area contributed by atoms with Crippen molar-refractivity contribution >= 4 is 5.97 Å². The Morgan fingerprint density at radius 1 is 0.957 bits per heavy atom. The van der Waals surface area contributed by atoms with Gasteiger partial charge in [0.1, 0.15) is 6.10 Å². The van der Waals surface area contributed by atoms with E-state index in [1.165, 1.54) is 51.4 Å². The largest absolute Gasteiger partial charge is 0.463 e. The Kier molecular flexibility index (Phi) is 3.81. The van der Waals surface area contributed by atoms with Gasteiger partial charge in [-0.2, -0.15) is 0 Å². The van der Waals surface area contributed by atoms with Crippen LogP contribution >= 0.6 is 0 Å². The molecule has 0 heterocycles. The molecule has 2 heteroatoms. The first kappa shape index (κ1) is 16.0. The highest BCUT2D eigenvalue weighted by atomic mass is 16.5. The van der Waals surface area contributed by atoms with Crippen molar-refractivity contribution in [2.24, 2.45) is 34.5 Å². The summed E-state index contributed by atoms with van der Waals surface area (Å²) in [5.74, 6) is 3.61. The van der Waals surface area contributed by atoms with Gasteiger partial charge in [-0.3, -0.25) is 4.79 Å². The maximum atomic E-state index is 11.4. The Morgan fingerprint density at radius 2 is 1.74 bits per heavy atom. The van der Waals surface area contributed by atoms with E-state index in [0.717, 1.165) is 36.5 Å². The molecule has 0 aromatic carbocycles. The summed E-state index contributed by atoms with van der Waals surface area (Å²) in [5, 5.41) is 0. The van der Waals surface area contributed by atoms with E-state index in [9.17, 15) is 4.79 Å². The first-order chi connectivity index (χ1) is 10.9. The number of carbonyl (C=O) groups is 1. The van der Waals surface area contributed by atoms with Crippen LogP contribution in [0.15, 0.2) is 0 Å². The maximum absolute atomic E-state index is 11.4. The first-order valence-electron chi connectivity index (χ1n) is 10.1. The van der Waals surface area contributed by atoms with Crippen molar-refractivity contribution in [3.63, 3.8) is 0 Å². The average Bonchev–Trinajstić information content (AvgIpc) is 2.87. The third-order valence-corrected chi connectivity index (χ3v) is 8.68. The Labute approximate surface area is 141 Å². The highest BCUT2D eigenvalue weighted by Gasteiger charge is 2.58. The summed E-state index contributed by atoms with van der Waals surface area (Å²) in [5.41, 5.74) is 1.07. The molecule has 23 heavy (non-hydrogen) atoms. The first-order valence-corrected chi connectivity index (χ1v) is 10.1. The van der Waals surface area contributed by atoms with Gasteiger partial charge in [-0.05, 0) is 92.3 Å². The van der Waals surface area contributed by atoms with Crippen molar-refractivity contribution in [1.29, 1.82) is 0 Å². The molecule has 7 atom stereocenters. The molecule has 4 aliphatic carbocycles. The van der Waals surface area contributed by atoms with Crippen molar-refractivity contribution in [2.75, 3.05) is 0 Å². The van der Waals surface area contributed by atoms with E-state index in [1.807, 2.05) is 0 Å². The fourth-order valence-electron chi connectivity index (χ4n) is 7.64. The van der Waals surface area contributed by atoms with Crippen molar-refractivity contribution < 1.29 is 9.53 Å². The number of ether oxygens (including phenoxy) is 1. The minimum Gasteiger partial charge on any atom is -0.463 e. The molecule has 4 fully saturated rings. The van der Waals surface area contributed by atoms with Gasteiger partial charge >= 0.3 is 5.97 Å². The molecule has 130 valence electrons. The molecule has 0 radical (unpaired) electrons. The highest BCUT2D eigenvalue weighted by molar-refractivity contribution is 5.66. The van der Waals surface area contributed by atoms with Crippen LogP contribution in [0.3, 0.4) is 0 Å². The number of carbonyl (C=O) groups excluding carboxylic acids is 1. The van der Waals surface area contributed by atoms with Crippen LogP contribution in [0.1, 0.15) is 85.0 Å². The van der Waals surface area contributed by atoms with E-state index >= 15 is 0 Å². The number of hydrogen-bond acceptors (Lipinski definition) is 2. The third-order valence-electron chi connectivity index (χ3n) is 8.68. The number of fused-ring (bicyclic) bond motifs is 5. The topological polar surface area (TPSA) is 26.3 Å². The van der Waals surface area contributed by atoms with Crippen LogP contribution in [0.2, 0.25) is 0 Å². The predicted octanol–water partition coefficient (Wildman–Crippen LogP) is 5.35. The van der Waals surface area contributed by atoms with Gasteiger partial charge in [-0.25, -0.2) is 0 Å². The summed E-state index contributed by atoms with van der Waals surface area (Å²) in [4.78, 5) is 11.4. The Bertz CT molecular complexity index is 486. The molecule has 0 bridgehead atoms. The normalized spacial score (nSPS) is 52.2. The van der Waals surface area contributed by atoms with Crippen LogP contribution in [-0.4, -0.2) is 12.1 Å². The fraction of sp³-hybridized carbons (Fsp3) is 0.952. The lowest BCUT2D eigenvalue weighted by Gasteiger charge is -2.60. The summed E-state index contributed by atoms with van der Waals surface area (Å²) in [6, 6.07) is 0. The monoisotopic (exact) mass is 318 g/mol. The van der Waals surface area contributed by atoms with Gasteiger partial charge in [-0.1, -0.05) is 20.3 Å². The van der Waals surface area contributed by atoms with E-state index in [2.05, 4.69) is 13.8 Å². The Morgan fingerprint density at radius 3 is 2.52 bits per heavy atom. The van der Waals surface area contributed by atoms with Crippen molar-refractivity contribution in [3.05, 3.63) is 0 Å². The molecule has 0 aliphatic heterocycles. The van der Waals surface area contributed by atoms with Gasteiger partial charge in [0.2, 0.25) is 0 Å². The summed E-state index contributed by atoms with van der Waals surface area (Å²) >= 11 is 0. The standard InChI is InChI=1S/C21H34O2/c1-14(22)23-16-8-6-15-7-9-17-18-5-4-11-20(18,2)12-10-19(17)21(15,3)13-16/h15-19H,4-13H2,1-3H3/t15-,16?,17?,18?,19?,20?,21?/m1/s1. The van der Waals surface area contributed by atoms with Gasteiger partial charge in [-0.15, -0.1) is 0 Å². The lowest BCUT2D eigenvalue weighted by molar-refractivity contribution is -0.161.